The van der Waals surface area contributed by atoms with Crippen LogP contribution in [0.2, 0.25) is 0 Å². The van der Waals surface area contributed by atoms with Crippen LogP contribution in [-0.4, -0.2) is 22.1 Å². The first-order valence-corrected chi connectivity index (χ1v) is 6.54. The maximum atomic E-state index is 11.9. The Morgan fingerprint density at radius 2 is 1.89 bits per heavy atom. The summed E-state index contributed by atoms with van der Waals surface area (Å²) in [6.07, 6.45) is 0. The van der Waals surface area contributed by atoms with Crippen molar-refractivity contribution < 1.29 is 4.74 Å². The largest absolute Gasteiger partial charge is 0.378 e. The molecule has 1 N–H and O–H groups in total. The summed E-state index contributed by atoms with van der Waals surface area (Å²) in [5.74, 6) is 0.522. The number of halogens is 1. The number of ether oxygens (including phenoxy) is 1. The van der Waals surface area contributed by atoms with Crippen LogP contribution >= 0.6 is 15.9 Å². The molecule has 0 radical (unpaired) electrons. The van der Waals surface area contributed by atoms with Gasteiger partial charge in [0.25, 0.3) is 5.56 Å². The predicted octanol–water partition coefficient (Wildman–Crippen LogP) is 2.36. The normalized spacial score (nSPS) is 10.7. The molecular formula is C13H14BrN3O2. The summed E-state index contributed by atoms with van der Waals surface area (Å²) in [4.78, 5) is 23.3. The molecule has 2 rings (SSSR count). The van der Waals surface area contributed by atoms with Gasteiger partial charge in [0.2, 0.25) is 0 Å². The number of aromatic amines is 1. The van der Waals surface area contributed by atoms with E-state index in [0.29, 0.717) is 16.0 Å². The molecule has 2 heterocycles. The molecule has 0 spiro atoms. The van der Waals surface area contributed by atoms with E-state index in [-0.39, 0.29) is 12.2 Å². The Balaban J connectivity index is 2.59. The fraction of sp³-hybridized carbons (Fsp3) is 0.308. The van der Waals surface area contributed by atoms with Crippen LogP contribution in [0.5, 0.6) is 0 Å². The third-order valence-corrected chi connectivity index (χ3v) is 3.39. The maximum Gasteiger partial charge on any atom is 0.265 e. The molecular weight excluding hydrogens is 310 g/mol. The Kier molecular flexibility index (Phi) is 4.11. The quantitative estimate of drug-likeness (QED) is 0.941. The number of nitrogens with zero attached hydrogens (tertiary/aromatic N) is 2. The van der Waals surface area contributed by atoms with Crippen molar-refractivity contribution in [3.63, 3.8) is 0 Å². The number of hydrogen-bond acceptors (Lipinski definition) is 4. The second-order valence-electron chi connectivity index (χ2n) is 4.25. The van der Waals surface area contributed by atoms with Gasteiger partial charge in [-0.15, -0.1) is 0 Å². The third-order valence-electron chi connectivity index (χ3n) is 2.57. The van der Waals surface area contributed by atoms with Crippen molar-refractivity contribution in [2.45, 2.75) is 20.5 Å². The van der Waals surface area contributed by atoms with E-state index in [1.165, 1.54) is 0 Å². The van der Waals surface area contributed by atoms with Crippen LogP contribution in [0.15, 0.2) is 21.4 Å². The van der Waals surface area contributed by atoms with Crippen molar-refractivity contribution in [2.75, 3.05) is 7.11 Å². The summed E-state index contributed by atoms with van der Waals surface area (Å²) < 4.78 is 5.45. The molecule has 2 aromatic rings. The van der Waals surface area contributed by atoms with Crippen molar-refractivity contribution in [2.24, 2.45) is 0 Å². The Hall–Kier alpha value is -1.53. The zero-order valence-electron chi connectivity index (χ0n) is 11.0. The maximum absolute atomic E-state index is 11.9. The molecule has 0 bridgehead atoms. The SMILES string of the molecule is COCc1nc(-c2cc(C)nc(C)c2)[nH]c(=O)c1Br. The molecule has 6 heteroatoms. The van der Waals surface area contributed by atoms with Crippen LogP contribution in [0, 0.1) is 13.8 Å². The Bertz CT molecular complexity index is 647. The van der Waals surface area contributed by atoms with Crippen molar-refractivity contribution in [1.29, 1.82) is 0 Å². The molecule has 0 unspecified atom stereocenters. The molecule has 0 amide bonds. The number of nitrogens with one attached hydrogen (secondary N) is 1. The summed E-state index contributed by atoms with van der Waals surface area (Å²) in [6.45, 7) is 4.09. The Labute approximate surface area is 119 Å². The summed E-state index contributed by atoms with van der Waals surface area (Å²) in [5.41, 5.74) is 2.97. The minimum Gasteiger partial charge on any atom is -0.378 e. The van der Waals surface area contributed by atoms with Crippen molar-refractivity contribution in [3.8, 4) is 11.4 Å². The van der Waals surface area contributed by atoms with E-state index >= 15 is 0 Å². The summed E-state index contributed by atoms with van der Waals surface area (Å²) in [5, 5.41) is 0. The second-order valence-corrected chi connectivity index (χ2v) is 5.04. The van der Waals surface area contributed by atoms with Crippen molar-refractivity contribution in [3.05, 3.63) is 44.0 Å². The number of methoxy groups -OCH3 is 1. The number of rotatable bonds is 3. The molecule has 0 aliphatic rings. The molecule has 0 atom stereocenters. The fourth-order valence-corrected chi connectivity index (χ4v) is 2.15. The number of aromatic nitrogens is 3. The first kappa shape index (κ1) is 13.9. The lowest BCUT2D eigenvalue weighted by Gasteiger charge is -2.07. The number of H-pyrrole nitrogens is 1. The minimum atomic E-state index is -0.218. The van der Waals surface area contributed by atoms with Gasteiger partial charge < -0.3 is 9.72 Å². The van der Waals surface area contributed by atoms with E-state index in [4.69, 9.17) is 4.74 Å². The summed E-state index contributed by atoms with van der Waals surface area (Å²) >= 11 is 3.22. The average Bonchev–Trinajstić information content (AvgIpc) is 2.33. The molecule has 0 saturated heterocycles. The number of aryl methyl sites for hydroxylation is 2. The van der Waals surface area contributed by atoms with E-state index in [9.17, 15) is 4.79 Å². The average molecular weight is 324 g/mol. The van der Waals surface area contributed by atoms with Crippen LogP contribution in [0.25, 0.3) is 11.4 Å². The van der Waals surface area contributed by atoms with Crippen LogP contribution in [0.4, 0.5) is 0 Å². The van der Waals surface area contributed by atoms with E-state index in [1.54, 1.807) is 7.11 Å². The van der Waals surface area contributed by atoms with E-state index in [2.05, 4.69) is 30.9 Å². The fourth-order valence-electron chi connectivity index (χ4n) is 1.85. The standard InChI is InChI=1S/C13H14BrN3O2/c1-7-4-9(5-8(2)15-7)12-16-10(6-19-3)11(14)13(18)17-12/h4-5H,6H2,1-3H3,(H,16,17,18). The lowest BCUT2D eigenvalue weighted by Crippen LogP contribution is -2.14. The van der Waals surface area contributed by atoms with Gasteiger partial charge in [-0.3, -0.25) is 9.78 Å². The number of pyridine rings is 1. The zero-order chi connectivity index (χ0) is 14.0. The van der Waals surface area contributed by atoms with E-state index < -0.39 is 0 Å². The molecule has 19 heavy (non-hydrogen) atoms. The van der Waals surface area contributed by atoms with Crippen LogP contribution in [0.3, 0.4) is 0 Å². The Morgan fingerprint density at radius 3 is 2.47 bits per heavy atom. The van der Waals surface area contributed by atoms with Crippen LogP contribution in [-0.2, 0) is 11.3 Å². The second kappa shape index (κ2) is 5.63. The van der Waals surface area contributed by atoms with Gasteiger partial charge in [-0.1, -0.05) is 0 Å². The topological polar surface area (TPSA) is 67.9 Å². The molecule has 0 aromatic carbocycles. The predicted molar refractivity (Wildman–Crippen MR) is 76.0 cm³/mol. The Morgan fingerprint density at radius 1 is 1.26 bits per heavy atom. The molecule has 2 aromatic heterocycles. The van der Waals surface area contributed by atoms with Gasteiger partial charge in [0.15, 0.2) is 0 Å². The lowest BCUT2D eigenvalue weighted by atomic mass is 10.2. The molecule has 0 aliphatic heterocycles. The van der Waals surface area contributed by atoms with Gasteiger partial charge in [0, 0.05) is 24.1 Å². The lowest BCUT2D eigenvalue weighted by molar-refractivity contribution is 0.180. The van der Waals surface area contributed by atoms with Gasteiger partial charge >= 0.3 is 0 Å². The smallest absolute Gasteiger partial charge is 0.265 e. The first-order chi connectivity index (χ1) is 9.01. The molecule has 0 aliphatic carbocycles. The van der Waals surface area contributed by atoms with E-state index in [1.807, 2.05) is 26.0 Å². The van der Waals surface area contributed by atoms with Gasteiger partial charge in [0.05, 0.1) is 12.3 Å². The van der Waals surface area contributed by atoms with Crippen LogP contribution < -0.4 is 5.56 Å². The van der Waals surface area contributed by atoms with Gasteiger partial charge in [-0.2, -0.15) is 0 Å². The van der Waals surface area contributed by atoms with Crippen molar-refractivity contribution in [1.82, 2.24) is 15.0 Å². The molecule has 0 fully saturated rings. The van der Waals surface area contributed by atoms with Gasteiger partial charge in [-0.05, 0) is 41.9 Å². The van der Waals surface area contributed by atoms with E-state index in [0.717, 1.165) is 17.0 Å². The molecule has 0 saturated carbocycles. The van der Waals surface area contributed by atoms with Crippen LogP contribution in [0.1, 0.15) is 17.1 Å². The monoisotopic (exact) mass is 323 g/mol. The highest BCUT2D eigenvalue weighted by Gasteiger charge is 2.11. The highest BCUT2D eigenvalue weighted by molar-refractivity contribution is 9.10. The first-order valence-electron chi connectivity index (χ1n) is 5.74. The summed E-state index contributed by atoms with van der Waals surface area (Å²) in [7, 11) is 1.57. The molecule has 100 valence electrons. The number of hydrogen-bond donors (Lipinski definition) is 1. The van der Waals surface area contributed by atoms with Crippen molar-refractivity contribution >= 4 is 15.9 Å². The highest BCUT2D eigenvalue weighted by Crippen LogP contribution is 2.18. The third kappa shape index (κ3) is 3.08. The molecule has 5 nitrogen and oxygen atoms in total. The van der Waals surface area contributed by atoms with Gasteiger partial charge in [-0.25, -0.2) is 4.98 Å². The highest BCUT2D eigenvalue weighted by atomic mass is 79.9. The zero-order valence-corrected chi connectivity index (χ0v) is 12.5. The minimum absolute atomic E-state index is 0.218. The summed E-state index contributed by atoms with van der Waals surface area (Å²) in [6, 6.07) is 3.77. The van der Waals surface area contributed by atoms with Gasteiger partial charge in [0.1, 0.15) is 10.3 Å².